The molecule has 1 N–H and O–H groups in total. The van der Waals surface area contributed by atoms with E-state index in [1.54, 1.807) is 0 Å². The van der Waals surface area contributed by atoms with Gasteiger partial charge in [-0.25, -0.2) is 14.6 Å². The molecule has 0 aliphatic carbocycles. The van der Waals surface area contributed by atoms with Gasteiger partial charge in [0.05, 0.1) is 5.69 Å². The molecule has 2 aromatic rings. The molecule has 0 unspecified atom stereocenters. The minimum atomic E-state index is -0.0317. The van der Waals surface area contributed by atoms with E-state index in [2.05, 4.69) is 25.0 Å². The summed E-state index contributed by atoms with van der Waals surface area (Å²) >= 11 is 0. The number of carbonyl (C=O) groups is 1. The number of carbonyl (C=O) groups excluding carboxylic acids is 1. The summed E-state index contributed by atoms with van der Waals surface area (Å²) in [5.41, 5.74) is 1.03. The Morgan fingerprint density at radius 3 is 3.26 bits per heavy atom. The van der Waals surface area contributed by atoms with Crippen molar-refractivity contribution in [2.45, 2.75) is 38.9 Å². The number of aryl methyl sites for hydroxylation is 2. The molecule has 1 atom stereocenters. The van der Waals surface area contributed by atoms with E-state index in [4.69, 9.17) is 0 Å². The van der Waals surface area contributed by atoms with Gasteiger partial charge < -0.3 is 9.88 Å². The highest BCUT2D eigenvalue weighted by Crippen LogP contribution is 2.14. The number of nitrogens with zero attached hydrogens (tertiary/aromatic N) is 5. The minimum Gasteiger partial charge on any atom is -0.350 e. The Hall–Kier alpha value is -2.18. The Kier molecular flexibility index (Phi) is 3.02. The molecule has 7 heteroatoms. The van der Waals surface area contributed by atoms with Crippen LogP contribution in [0.3, 0.4) is 0 Å². The number of nitrogens with one attached hydrogen (secondary N) is 1. The molecule has 3 rings (SSSR count). The van der Waals surface area contributed by atoms with Crippen molar-refractivity contribution in [3.05, 3.63) is 30.4 Å². The number of hydrogen-bond acceptors (Lipinski definition) is 4. The Labute approximate surface area is 110 Å². The van der Waals surface area contributed by atoms with E-state index in [1.807, 2.05) is 13.1 Å². The van der Waals surface area contributed by atoms with Gasteiger partial charge in [-0.05, 0) is 13.3 Å². The first-order chi connectivity index (χ1) is 9.20. The molecule has 7 nitrogen and oxygen atoms in total. The number of fused-ring (bicyclic) bond motifs is 1. The zero-order valence-electron chi connectivity index (χ0n) is 10.8. The number of amides is 1. The van der Waals surface area contributed by atoms with E-state index >= 15 is 0 Å². The summed E-state index contributed by atoms with van der Waals surface area (Å²) in [7, 11) is 0. The van der Waals surface area contributed by atoms with Crippen molar-refractivity contribution in [2.24, 2.45) is 0 Å². The lowest BCUT2D eigenvalue weighted by molar-refractivity contribution is -0.122. The van der Waals surface area contributed by atoms with E-state index in [9.17, 15) is 4.79 Å². The third kappa shape index (κ3) is 2.64. The van der Waals surface area contributed by atoms with Crippen LogP contribution >= 0.6 is 0 Å². The second kappa shape index (κ2) is 4.83. The summed E-state index contributed by atoms with van der Waals surface area (Å²) in [6.45, 7) is 3.00. The Bertz CT molecular complexity index is 573. The predicted molar refractivity (Wildman–Crippen MR) is 67.2 cm³/mol. The van der Waals surface area contributed by atoms with Crippen molar-refractivity contribution >= 4 is 5.91 Å². The largest absolute Gasteiger partial charge is 0.350 e. The summed E-state index contributed by atoms with van der Waals surface area (Å²) in [5, 5.41) is 6.95. The van der Waals surface area contributed by atoms with Crippen molar-refractivity contribution in [3.63, 3.8) is 0 Å². The van der Waals surface area contributed by atoms with Gasteiger partial charge in [0.15, 0.2) is 0 Å². The Morgan fingerprint density at radius 2 is 2.47 bits per heavy atom. The van der Waals surface area contributed by atoms with Gasteiger partial charge in [0, 0.05) is 25.2 Å². The van der Waals surface area contributed by atoms with E-state index in [0.29, 0.717) is 0 Å². The van der Waals surface area contributed by atoms with Gasteiger partial charge >= 0.3 is 0 Å². The number of aromatic nitrogens is 5. The molecule has 2 aromatic heterocycles. The molecule has 1 aliphatic rings. The molecule has 0 bridgehead atoms. The highest BCUT2D eigenvalue weighted by Gasteiger charge is 2.21. The van der Waals surface area contributed by atoms with Crippen LogP contribution in [0.5, 0.6) is 0 Å². The third-order valence-corrected chi connectivity index (χ3v) is 3.25. The standard InChI is InChI=1S/C12H16N6O/c1-9-4-17-5-10(2-3-11(17)15-9)16-12(19)6-18-8-13-7-14-18/h4,7-8,10H,2-3,5-6H2,1H3,(H,16,19)/t10-/m0/s1. The molecule has 0 radical (unpaired) electrons. The van der Waals surface area contributed by atoms with Crippen LogP contribution in [0, 0.1) is 6.92 Å². The highest BCUT2D eigenvalue weighted by molar-refractivity contribution is 5.75. The van der Waals surface area contributed by atoms with Crippen LogP contribution in [-0.2, 0) is 24.3 Å². The summed E-state index contributed by atoms with van der Waals surface area (Å²) in [6.07, 6.45) is 6.83. The maximum absolute atomic E-state index is 11.9. The normalized spacial score (nSPS) is 18.1. The molecule has 3 heterocycles. The van der Waals surface area contributed by atoms with E-state index in [-0.39, 0.29) is 18.5 Å². The molecule has 1 aliphatic heterocycles. The van der Waals surface area contributed by atoms with E-state index in [1.165, 1.54) is 17.3 Å². The van der Waals surface area contributed by atoms with Crippen molar-refractivity contribution in [3.8, 4) is 0 Å². The van der Waals surface area contributed by atoms with Gasteiger partial charge in [-0.1, -0.05) is 0 Å². The van der Waals surface area contributed by atoms with Gasteiger partial charge in [-0.15, -0.1) is 0 Å². The molecule has 0 aromatic carbocycles. The third-order valence-electron chi connectivity index (χ3n) is 3.25. The molecule has 100 valence electrons. The molecular weight excluding hydrogens is 244 g/mol. The second-order valence-electron chi connectivity index (χ2n) is 4.85. The number of rotatable bonds is 3. The first-order valence-electron chi connectivity index (χ1n) is 6.35. The van der Waals surface area contributed by atoms with E-state index in [0.717, 1.165) is 30.9 Å². The highest BCUT2D eigenvalue weighted by atomic mass is 16.2. The Morgan fingerprint density at radius 1 is 1.58 bits per heavy atom. The van der Waals surface area contributed by atoms with Crippen LogP contribution in [0.2, 0.25) is 0 Å². The minimum absolute atomic E-state index is 0.0317. The summed E-state index contributed by atoms with van der Waals surface area (Å²) in [6, 6.07) is 0.164. The average molecular weight is 260 g/mol. The van der Waals surface area contributed by atoms with Crippen LogP contribution in [0.25, 0.3) is 0 Å². The SMILES string of the molecule is Cc1cn2c(n1)CC[C@H](NC(=O)Cn1cncn1)C2. The lowest BCUT2D eigenvalue weighted by Gasteiger charge is -2.24. The number of hydrogen-bond donors (Lipinski definition) is 1. The topological polar surface area (TPSA) is 77.6 Å². The summed E-state index contributed by atoms with van der Waals surface area (Å²) < 4.78 is 3.64. The van der Waals surface area contributed by atoms with Gasteiger partial charge in [-0.3, -0.25) is 4.79 Å². The lowest BCUT2D eigenvalue weighted by atomic mass is 10.1. The first kappa shape index (κ1) is 11.9. The van der Waals surface area contributed by atoms with Crippen LogP contribution < -0.4 is 5.32 Å². The van der Waals surface area contributed by atoms with Crippen molar-refractivity contribution in [1.29, 1.82) is 0 Å². The molecule has 0 saturated heterocycles. The van der Waals surface area contributed by atoms with Gasteiger partial charge in [0.2, 0.25) is 5.91 Å². The van der Waals surface area contributed by atoms with E-state index < -0.39 is 0 Å². The Balaban J connectivity index is 1.58. The van der Waals surface area contributed by atoms with Gasteiger partial charge in [0.25, 0.3) is 0 Å². The summed E-state index contributed by atoms with van der Waals surface area (Å²) in [5.74, 6) is 1.08. The quantitative estimate of drug-likeness (QED) is 0.837. The molecule has 0 saturated carbocycles. The fourth-order valence-electron chi connectivity index (χ4n) is 2.44. The monoisotopic (exact) mass is 260 g/mol. The fraction of sp³-hybridized carbons (Fsp3) is 0.500. The molecule has 19 heavy (non-hydrogen) atoms. The molecule has 0 fully saturated rings. The van der Waals surface area contributed by atoms with Crippen LogP contribution in [0.4, 0.5) is 0 Å². The molecular formula is C12H16N6O. The maximum atomic E-state index is 11.9. The van der Waals surface area contributed by atoms with Crippen LogP contribution in [0.1, 0.15) is 17.9 Å². The maximum Gasteiger partial charge on any atom is 0.242 e. The zero-order valence-corrected chi connectivity index (χ0v) is 10.8. The van der Waals surface area contributed by atoms with Crippen molar-refractivity contribution in [1.82, 2.24) is 29.6 Å². The van der Waals surface area contributed by atoms with Crippen LogP contribution in [-0.4, -0.2) is 36.3 Å². The van der Waals surface area contributed by atoms with Crippen LogP contribution in [0.15, 0.2) is 18.9 Å². The van der Waals surface area contributed by atoms with Gasteiger partial charge in [-0.2, -0.15) is 5.10 Å². The molecule has 0 spiro atoms. The van der Waals surface area contributed by atoms with Crippen molar-refractivity contribution in [2.75, 3.05) is 0 Å². The average Bonchev–Trinajstić information content (AvgIpc) is 2.96. The fourth-order valence-corrected chi connectivity index (χ4v) is 2.44. The smallest absolute Gasteiger partial charge is 0.242 e. The van der Waals surface area contributed by atoms with Crippen molar-refractivity contribution < 1.29 is 4.79 Å². The molecule has 1 amide bonds. The first-order valence-corrected chi connectivity index (χ1v) is 6.35. The number of imidazole rings is 1. The summed E-state index contributed by atoms with van der Waals surface area (Å²) in [4.78, 5) is 20.1. The zero-order chi connectivity index (χ0) is 13.2. The predicted octanol–water partition coefficient (Wildman–Crippen LogP) is -0.0858. The second-order valence-corrected chi connectivity index (χ2v) is 4.85. The lowest BCUT2D eigenvalue weighted by Crippen LogP contribution is -2.42. The van der Waals surface area contributed by atoms with Gasteiger partial charge in [0.1, 0.15) is 25.0 Å².